The summed E-state index contributed by atoms with van der Waals surface area (Å²) in [7, 11) is -1.71. The summed E-state index contributed by atoms with van der Waals surface area (Å²) in [5, 5.41) is 5.70. The molecule has 0 heterocycles. The standard InChI is InChI=1S/C15H16N2O3S/c1-11-3-9-14(10-4-11)21(16,19)17-15(18)12-5-7-13(20-2)8-6-12/h3-10H,1-2H3,(H2,16,17,18,19). The Morgan fingerprint density at radius 3 is 2.19 bits per heavy atom. The fourth-order valence-corrected chi connectivity index (χ4v) is 2.68. The van der Waals surface area contributed by atoms with E-state index < -0.39 is 15.8 Å². The Kier molecular flexibility index (Phi) is 4.40. The molecule has 0 aliphatic rings. The summed E-state index contributed by atoms with van der Waals surface area (Å²) in [4.78, 5) is 12.4. The molecule has 1 amide bonds. The van der Waals surface area contributed by atoms with E-state index in [-0.39, 0.29) is 0 Å². The minimum absolute atomic E-state index is 0.307. The van der Waals surface area contributed by atoms with Gasteiger partial charge in [0.2, 0.25) is 0 Å². The van der Waals surface area contributed by atoms with Crippen LogP contribution in [-0.2, 0) is 9.92 Å². The molecule has 1 atom stereocenters. The van der Waals surface area contributed by atoms with E-state index in [9.17, 15) is 9.00 Å². The summed E-state index contributed by atoms with van der Waals surface area (Å²) in [6.07, 6.45) is 0. The Labute approximate surface area is 124 Å². The van der Waals surface area contributed by atoms with Crippen LogP contribution in [0.5, 0.6) is 5.75 Å². The molecule has 0 aliphatic heterocycles. The van der Waals surface area contributed by atoms with Crippen LogP contribution in [0, 0.1) is 6.92 Å². The molecule has 110 valence electrons. The first-order chi connectivity index (χ1) is 9.92. The normalized spacial score (nSPS) is 13.3. The van der Waals surface area contributed by atoms with Crippen molar-refractivity contribution < 1.29 is 13.7 Å². The smallest absolute Gasteiger partial charge is 0.286 e. The molecule has 2 rings (SSSR count). The Balaban J connectivity index is 2.33. The Morgan fingerprint density at radius 2 is 1.67 bits per heavy atom. The van der Waals surface area contributed by atoms with Gasteiger partial charge in [0.25, 0.3) is 5.91 Å². The van der Waals surface area contributed by atoms with Crippen molar-refractivity contribution in [1.82, 2.24) is 0 Å². The average Bonchev–Trinajstić information content (AvgIpc) is 2.47. The third-order valence-electron chi connectivity index (χ3n) is 2.91. The highest BCUT2D eigenvalue weighted by atomic mass is 32.2. The topological polar surface area (TPSA) is 81.8 Å². The van der Waals surface area contributed by atoms with E-state index in [1.165, 1.54) is 7.11 Å². The highest BCUT2D eigenvalue weighted by molar-refractivity contribution is 7.91. The van der Waals surface area contributed by atoms with Crippen LogP contribution < -0.4 is 9.88 Å². The first-order valence-corrected chi connectivity index (χ1v) is 7.80. The molecule has 0 spiro atoms. The van der Waals surface area contributed by atoms with Crippen LogP contribution in [0.15, 0.2) is 57.8 Å². The fraction of sp³-hybridized carbons (Fsp3) is 0.133. The van der Waals surface area contributed by atoms with E-state index in [1.54, 1.807) is 48.5 Å². The van der Waals surface area contributed by atoms with Gasteiger partial charge < -0.3 is 4.74 Å². The molecule has 0 aromatic heterocycles. The van der Waals surface area contributed by atoms with Gasteiger partial charge in [0.15, 0.2) is 0 Å². The second-order valence-electron chi connectivity index (χ2n) is 4.51. The molecule has 2 aromatic rings. The van der Waals surface area contributed by atoms with Crippen molar-refractivity contribution in [3.8, 4) is 5.75 Å². The molecular weight excluding hydrogens is 288 g/mol. The third kappa shape index (κ3) is 3.68. The van der Waals surface area contributed by atoms with Gasteiger partial charge in [-0.1, -0.05) is 17.7 Å². The molecule has 0 saturated carbocycles. The van der Waals surface area contributed by atoms with Crippen molar-refractivity contribution in [2.75, 3.05) is 7.11 Å². The van der Waals surface area contributed by atoms with Crippen LogP contribution in [0.4, 0.5) is 0 Å². The Hall–Kier alpha value is -2.18. The van der Waals surface area contributed by atoms with Gasteiger partial charge in [0.1, 0.15) is 15.7 Å². The van der Waals surface area contributed by atoms with E-state index in [0.29, 0.717) is 16.2 Å². The van der Waals surface area contributed by atoms with Gasteiger partial charge in [0.05, 0.1) is 12.0 Å². The maximum absolute atomic E-state index is 12.4. The Morgan fingerprint density at radius 1 is 1.10 bits per heavy atom. The van der Waals surface area contributed by atoms with Crippen LogP contribution >= 0.6 is 0 Å². The van der Waals surface area contributed by atoms with Gasteiger partial charge in [0, 0.05) is 5.56 Å². The van der Waals surface area contributed by atoms with E-state index in [1.807, 2.05) is 6.92 Å². The van der Waals surface area contributed by atoms with E-state index >= 15 is 0 Å². The fourth-order valence-electron chi connectivity index (χ4n) is 1.70. The lowest BCUT2D eigenvalue weighted by Crippen LogP contribution is -2.15. The lowest BCUT2D eigenvalue weighted by atomic mass is 10.2. The number of carbonyl (C=O) groups is 1. The van der Waals surface area contributed by atoms with E-state index in [0.717, 1.165) is 5.56 Å². The predicted molar refractivity (Wildman–Crippen MR) is 81.5 cm³/mol. The summed E-state index contributed by atoms with van der Waals surface area (Å²) in [5.41, 5.74) is 1.32. The summed E-state index contributed by atoms with van der Waals surface area (Å²) < 4.78 is 21.0. The number of carbonyl (C=O) groups excluding carboxylic acids is 1. The molecule has 0 saturated heterocycles. The zero-order valence-corrected chi connectivity index (χ0v) is 12.6. The number of hydrogen-bond acceptors (Lipinski definition) is 3. The largest absolute Gasteiger partial charge is 0.497 e. The molecular formula is C15H16N2O3S. The number of nitrogens with zero attached hydrogens (tertiary/aromatic N) is 1. The number of hydrogen-bond donors (Lipinski definition) is 1. The average molecular weight is 304 g/mol. The van der Waals surface area contributed by atoms with Crippen molar-refractivity contribution in [1.29, 1.82) is 0 Å². The van der Waals surface area contributed by atoms with Gasteiger partial charge in [-0.15, -0.1) is 4.36 Å². The van der Waals surface area contributed by atoms with Gasteiger partial charge in [-0.05, 0) is 43.3 Å². The predicted octanol–water partition coefficient (Wildman–Crippen LogP) is 2.54. The summed E-state index contributed by atoms with van der Waals surface area (Å²) >= 11 is 0. The summed E-state index contributed by atoms with van der Waals surface area (Å²) in [6, 6.07) is 13.1. The lowest BCUT2D eigenvalue weighted by Gasteiger charge is -2.05. The number of aryl methyl sites for hydroxylation is 1. The zero-order chi connectivity index (χ0) is 15.5. The van der Waals surface area contributed by atoms with Crippen molar-refractivity contribution in [3.05, 3.63) is 59.7 Å². The van der Waals surface area contributed by atoms with Crippen LogP contribution in [0.25, 0.3) is 0 Å². The highest BCUT2D eigenvalue weighted by Gasteiger charge is 2.11. The van der Waals surface area contributed by atoms with Gasteiger partial charge >= 0.3 is 0 Å². The number of rotatable bonds is 3. The Bertz CT molecular complexity index is 759. The molecule has 21 heavy (non-hydrogen) atoms. The molecule has 2 N–H and O–H groups in total. The second kappa shape index (κ2) is 6.07. The van der Waals surface area contributed by atoms with Crippen molar-refractivity contribution in [2.24, 2.45) is 9.50 Å². The van der Waals surface area contributed by atoms with Crippen LogP contribution in [-0.4, -0.2) is 17.2 Å². The first kappa shape index (κ1) is 15.2. The molecule has 5 nitrogen and oxygen atoms in total. The van der Waals surface area contributed by atoms with Crippen molar-refractivity contribution >= 4 is 15.8 Å². The summed E-state index contributed by atoms with van der Waals surface area (Å²) in [6.45, 7) is 1.90. The SMILES string of the molecule is COc1ccc(C(=O)N=S(N)(=O)c2ccc(C)cc2)cc1. The van der Waals surface area contributed by atoms with Crippen molar-refractivity contribution in [2.45, 2.75) is 11.8 Å². The molecule has 2 aromatic carbocycles. The van der Waals surface area contributed by atoms with E-state index in [4.69, 9.17) is 9.88 Å². The van der Waals surface area contributed by atoms with Crippen molar-refractivity contribution in [3.63, 3.8) is 0 Å². The van der Waals surface area contributed by atoms with Gasteiger partial charge in [-0.2, -0.15) is 0 Å². The monoisotopic (exact) mass is 304 g/mol. The van der Waals surface area contributed by atoms with Crippen LogP contribution in [0.2, 0.25) is 0 Å². The minimum atomic E-state index is -3.25. The maximum Gasteiger partial charge on any atom is 0.286 e. The molecule has 1 unspecified atom stereocenters. The number of methoxy groups -OCH3 is 1. The lowest BCUT2D eigenvalue weighted by molar-refractivity contribution is 0.100. The first-order valence-electron chi connectivity index (χ1n) is 6.22. The van der Waals surface area contributed by atoms with Crippen LogP contribution in [0.1, 0.15) is 15.9 Å². The highest BCUT2D eigenvalue weighted by Crippen LogP contribution is 2.15. The molecule has 6 heteroatoms. The second-order valence-corrected chi connectivity index (χ2v) is 6.30. The molecule has 0 fully saturated rings. The third-order valence-corrected chi connectivity index (χ3v) is 4.30. The van der Waals surface area contributed by atoms with Crippen LogP contribution in [0.3, 0.4) is 0 Å². The zero-order valence-electron chi connectivity index (χ0n) is 11.8. The summed E-state index contributed by atoms with van der Waals surface area (Å²) in [5.74, 6) is 0.00398. The quantitative estimate of drug-likeness (QED) is 0.946. The number of benzene rings is 2. The molecule has 0 radical (unpaired) electrons. The van der Waals surface area contributed by atoms with Gasteiger partial charge in [-0.3, -0.25) is 4.79 Å². The number of nitrogens with two attached hydrogens (primary N) is 1. The number of amides is 1. The minimum Gasteiger partial charge on any atom is -0.497 e. The molecule has 0 aliphatic carbocycles. The maximum atomic E-state index is 12.4. The van der Waals surface area contributed by atoms with E-state index in [2.05, 4.69) is 4.36 Å². The van der Waals surface area contributed by atoms with Gasteiger partial charge in [-0.25, -0.2) is 9.35 Å². The number of ether oxygens (including phenoxy) is 1. The molecule has 0 bridgehead atoms.